The maximum absolute atomic E-state index is 12.6. The van der Waals surface area contributed by atoms with E-state index >= 15 is 0 Å². The van der Waals surface area contributed by atoms with Crippen molar-refractivity contribution in [1.29, 1.82) is 0 Å². The van der Waals surface area contributed by atoms with Crippen molar-refractivity contribution in [1.82, 2.24) is 5.32 Å². The summed E-state index contributed by atoms with van der Waals surface area (Å²) in [7, 11) is 0. The Kier molecular flexibility index (Phi) is 71.4. The second kappa shape index (κ2) is 72.8. The molecule has 0 aliphatic heterocycles. The Morgan fingerprint density at radius 2 is 0.566 bits per heavy atom. The molecular weight excluding hydrogens is 1020 g/mol. The number of esters is 1. The standard InChI is InChI=1S/C77H149NO5/c1-3-5-7-9-11-13-15-17-19-21-22-23-29-32-35-38-41-45-49-53-57-61-65-69-75(80)74(73-79)78-76(81)70-66-62-58-54-50-46-42-39-36-33-30-27-25-24-26-28-31-34-37-40-44-48-52-56-60-64-68-72-83-77(82)71-67-63-59-55-51-47-43-20-18-16-14-12-10-8-6-4-2/h20,24-25,43,74-75,79-80H,3-19,21-23,26-42,44-73H2,1-2H3,(H,78,81)/b25-24-,43-20-. The van der Waals surface area contributed by atoms with E-state index in [9.17, 15) is 19.8 Å². The molecule has 0 heterocycles. The Labute approximate surface area is 520 Å². The predicted molar refractivity (Wildman–Crippen MR) is 366 cm³/mol. The van der Waals surface area contributed by atoms with Gasteiger partial charge in [0.1, 0.15) is 0 Å². The van der Waals surface area contributed by atoms with Crippen molar-refractivity contribution in [2.45, 2.75) is 443 Å². The number of amides is 1. The summed E-state index contributed by atoms with van der Waals surface area (Å²) >= 11 is 0. The van der Waals surface area contributed by atoms with Gasteiger partial charge in [0.2, 0.25) is 5.91 Å². The molecule has 0 saturated heterocycles. The number of ether oxygens (including phenoxy) is 1. The van der Waals surface area contributed by atoms with Gasteiger partial charge in [-0.25, -0.2) is 0 Å². The summed E-state index contributed by atoms with van der Waals surface area (Å²) in [6.45, 7) is 4.99. The van der Waals surface area contributed by atoms with Crippen LogP contribution in [0.1, 0.15) is 431 Å². The van der Waals surface area contributed by atoms with Crippen molar-refractivity contribution in [3.63, 3.8) is 0 Å². The lowest BCUT2D eigenvalue weighted by atomic mass is 10.0. The van der Waals surface area contributed by atoms with Crippen LogP contribution >= 0.6 is 0 Å². The molecule has 492 valence electrons. The van der Waals surface area contributed by atoms with E-state index in [1.54, 1.807) is 0 Å². The Hall–Kier alpha value is -1.66. The van der Waals surface area contributed by atoms with E-state index in [2.05, 4.69) is 43.5 Å². The number of unbranched alkanes of at least 4 members (excludes halogenated alkanes) is 57. The number of rotatable bonds is 72. The van der Waals surface area contributed by atoms with Crippen LogP contribution in [0.2, 0.25) is 0 Å². The number of carbonyl (C=O) groups is 2. The number of carbonyl (C=O) groups excluding carboxylic acids is 2. The number of hydrogen-bond acceptors (Lipinski definition) is 5. The third kappa shape index (κ3) is 69.3. The van der Waals surface area contributed by atoms with Gasteiger partial charge in [-0.15, -0.1) is 0 Å². The van der Waals surface area contributed by atoms with Crippen LogP contribution in [0.3, 0.4) is 0 Å². The highest BCUT2D eigenvalue weighted by Gasteiger charge is 2.20. The molecule has 0 aromatic carbocycles. The molecule has 6 heteroatoms. The average molecular weight is 1170 g/mol. The van der Waals surface area contributed by atoms with Crippen LogP contribution in [0.25, 0.3) is 0 Å². The Morgan fingerprint density at radius 1 is 0.325 bits per heavy atom. The van der Waals surface area contributed by atoms with Gasteiger partial charge in [0.25, 0.3) is 0 Å². The minimum absolute atomic E-state index is 0.00879. The van der Waals surface area contributed by atoms with E-state index in [4.69, 9.17) is 4.74 Å². The van der Waals surface area contributed by atoms with Gasteiger partial charge in [-0.05, 0) is 77.0 Å². The summed E-state index contributed by atoms with van der Waals surface area (Å²) in [4.78, 5) is 24.7. The number of aliphatic hydroxyl groups is 2. The van der Waals surface area contributed by atoms with E-state index in [-0.39, 0.29) is 18.5 Å². The fourth-order valence-corrected chi connectivity index (χ4v) is 12.2. The lowest BCUT2D eigenvalue weighted by Crippen LogP contribution is -2.45. The molecule has 6 nitrogen and oxygen atoms in total. The third-order valence-corrected chi connectivity index (χ3v) is 18.0. The summed E-state index contributed by atoms with van der Waals surface area (Å²) in [5.41, 5.74) is 0. The fraction of sp³-hybridized carbons (Fsp3) is 0.922. The molecule has 0 aromatic heterocycles. The molecule has 0 fully saturated rings. The van der Waals surface area contributed by atoms with E-state index in [0.29, 0.717) is 25.9 Å². The molecule has 0 spiro atoms. The summed E-state index contributed by atoms with van der Waals surface area (Å²) in [6, 6.07) is -0.543. The van der Waals surface area contributed by atoms with Crippen molar-refractivity contribution in [3.05, 3.63) is 24.3 Å². The van der Waals surface area contributed by atoms with E-state index in [1.807, 2.05) is 0 Å². The van der Waals surface area contributed by atoms with Crippen molar-refractivity contribution < 1.29 is 24.5 Å². The summed E-state index contributed by atoms with van der Waals surface area (Å²) in [6.07, 6.45) is 92.5. The fourth-order valence-electron chi connectivity index (χ4n) is 12.2. The summed E-state index contributed by atoms with van der Waals surface area (Å²) in [5, 5.41) is 23.5. The van der Waals surface area contributed by atoms with Crippen LogP contribution < -0.4 is 5.32 Å². The predicted octanol–water partition coefficient (Wildman–Crippen LogP) is 24.9. The van der Waals surface area contributed by atoms with Gasteiger partial charge in [0, 0.05) is 12.8 Å². The lowest BCUT2D eigenvalue weighted by Gasteiger charge is -2.22. The Bertz CT molecular complexity index is 1300. The minimum atomic E-state index is -0.666. The van der Waals surface area contributed by atoms with Crippen LogP contribution in [-0.4, -0.2) is 47.4 Å². The smallest absolute Gasteiger partial charge is 0.305 e. The molecule has 0 aliphatic carbocycles. The number of allylic oxidation sites excluding steroid dienone is 4. The molecule has 0 bridgehead atoms. The lowest BCUT2D eigenvalue weighted by molar-refractivity contribution is -0.143. The Balaban J connectivity index is 3.38. The zero-order chi connectivity index (χ0) is 59.9. The van der Waals surface area contributed by atoms with Gasteiger partial charge in [0.05, 0.1) is 25.4 Å². The largest absolute Gasteiger partial charge is 0.466 e. The average Bonchev–Trinajstić information content (AvgIpc) is 3.49. The molecule has 0 rings (SSSR count). The van der Waals surface area contributed by atoms with Gasteiger partial charge in [-0.1, -0.05) is 366 Å². The zero-order valence-electron chi connectivity index (χ0n) is 56.5. The molecule has 83 heavy (non-hydrogen) atoms. The monoisotopic (exact) mass is 1170 g/mol. The van der Waals surface area contributed by atoms with Gasteiger partial charge in [-0.3, -0.25) is 9.59 Å². The van der Waals surface area contributed by atoms with Crippen molar-refractivity contribution in [3.8, 4) is 0 Å². The van der Waals surface area contributed by atoms with E-state index in [0.717, 1.165) is 44.9 Å². The highest BCUT2D eigenvalue weighted by atomic mass is 16.5. The van der Waals surface area contributed by atoms with Crippen LogP contribution in [-0.2, 0) is 14.3 Å². The van der Waals surface area contributed by atoms with Crippen LogP contribution in [0, 0.1) is 0 Å². The first-order chi connectivity index (χ1) is 41.0. The molecule has 0 aliphatic rings. The van der Waals surface area contributed by atoms with Crippen LogP contribution in [0.4, 0.5) is 0 Å². The summed E-state index contributed by atoms with van der Waals surface area (Å²) < 4.78 is 5.50. The van der Waals surface area contributed by atoms with Gasteiger partial charge >= 0.3 is 5.97 Å². The van der Waals surface area contributed by atoms with Crippen LogP contribution in [0.5, 0.6) is 0 Å². The summed E-state index contributed by atoms with van der Waals surface area (Å²) in [5.74, 6) is -0.0219. The van der Waals surface area contributed by atoms with Gasteiger partial charge in [0.15, 0.2) is 0 Å². The SMILES string of the molecule is CCCCCCCCC/C=C\CCCCCCCC(=O)OCCCCCCCCCCCCCC/C=C\CCCCCCCCCCCCCC(=O)NC(CO)C(O)CCCCCCCCCCCCCCCCCCCCCCCCC. The molecule has 1 amide bonds. The highest BCUT2D eigenvalue weighted by molar-refractivity contribution is 5.76. The van der Waals surface area contributed by atoms with Crippen molar-refractivity contribution in [2.75, 3.05) is 13.2 Å². The molecule has 0 radical (unpaired) electrons. The van der Waals surface area contributed by atoms with E-state index < -0.39 is 12.1 Å². The van der Waals surface area contributed by atoms with Gasteiger partial charge < -0.3 is 20.3 Å². The minimum Gasteiger partial charge on any atom is -0.466 e. The topological polar surface area (TPSA) is 95.9 Å². The first-order valence-electron chi connectivity index (χ1n) is 38.1. The maximum Gasteiger partial charge on any atom is 0.305 e. The molecule has 0 saturated carbocycles. The Morgan fingerprint density at radius 3 is 0.855 bits per heavy atom. The maximum atomic E-state index is 12.6. The normalized spacial score (nSPS) is 12.6. The number of nitrogens with one attached hydrogen (secondary N) is 1. The van der Waals surface area contributed by atoms with E-state index in [1.165, 1.54) is 353 Å². The van der Waals surface area contributed by atoms with Crippen molar-refractivity contribution >= 4 is 11.9 Å². The van der Waals surface area contributed by atoms with Crippen LogP contribution in [0.15, 0.2) is 24.3 Å². The molecule has 0 aromatic rings. The van der Waals surface area contributed by atoms with Gasteiger partial charge in [-0.2, -0.15) is 0 Å². The number of hydrogen-bond donors (Lipinski definition) is 3. The second-order valence-electron chi connectivity index (χ2n) is 26.3. The molecular formula is C77H149NO5. The molecule has 2 unspecified atom stereocenters. The third-order valence-electron chi connectivity index (χ3n) is 18.0. The molecule has 3 N–H and O–H groups in total. The molecule has 2 atom stereocenters. The quantitative estimate of drug-likeness (QED) is 0.0320. The van der Waals surface area contributed by atoms with Crippen molar-refractivity contribution in [2.24, 2.45) is 0 Å². The number of aliphatic hydroxyl groups excluding tert-OH is 2. The highest BCUT2D eigenvalue weighted by Crippen LogP contribution is 2.19. The second-order valence-corrected chi connectivity index (χ2v) is 26.3. The first kappa shape index (κ1) is 81.3. The first-order valence-corrected chi connectivity index (χ1v) is 38.1. The zero-order valence-corrected chi connectivity index (χ0v) is 56.5.